The maximum atomic E-state index is 12.3. The minimum absolute atomic E-state index is 0.173. The minimum Gasteiger partial charge on any atom is -0.359 e. The topological polar surface area (TPSA) is 97.3 Å². The van der Waals surface area contributed by atoms with Gasteiger partial charge in [0, 0.05) is 42.2 Å². The van der Waals surface area contributed by atoms with Crippen molar-refractivity contribution >= 4 is 17.5 Å². The molecule has 176 valence electrons. The molecule has 0 saturated heterocycles. The zero-order valence-corrected chi connectivity index (χ0v) is 19.8. The zero-order valence-electron chi connectivity index (χ0n) is 19.8. The maximum absolute atomic E-state index is 12.3. The fourth-order valence-electron chi connectivity index (χ4n) is 3.74. The number of amides is 2. The Balaban J connectivity index is 1.23. The normalized spacial score (nSPS) is 11.5. The summed E-state index contributed by atoms with van der Waals surface area (Å²) in [5.74, 6) is 1.10. The van der Waals surface area contributed by atoms with Gasteiger partial charge < -0.3 is 9.84 Å². The van der Waals surface area contributed by atoms with E-state index < -0.39 is 0 Å². The average Bonchev–Trinajstić information content (AvgIpc) is 3.50. The van der Waals surface area contributed by atoms with Crippen molar-refractivity contribution in [2.45, 2.75) is 32.7 Å². The van der Waals surface area contributed by atoms with Crippen LogP contribution in [-0.4, -0.2) is 25.6 Å². The first kappa shape index (κ1) is 22.3. The monoisotopic (exact) mass is 466 g/mol. The van der Waals surface area contributed by atoms with Gasteiger partial charge in [-0.2, -0.15) is 0 Å². The van der Waals surface area contributed by atoms with Crippen LogP contribution in [0.4, 0.5) is 10.6 Å². The van der Waals surface area contributed by atoms with Gasteiger partial charge in [0.15, 0.2) is 5.82 Å². The van der Waals surface area contributed by atoms with Crippen molar-refractivity contribution in [1.29, 1.82) is 0 Å². The van der Waals surface area contributed by atoms with Gasteiger partial charge in [-0.25, -0.2) is 9.78 Å². The molecule has 0 fully saturated rings. The number of carbonyl (C=O) groups excluding carboxylic acids is 1. The lowest BCUT2D eigenvalue weighted by atomic mass is 9.93. The smallest absolute Gasteiger partial charge is 0.320 e. The fraction of sp³-hybridized carbons (Fsp3) is 0.185. The molecule has 5 rings (SSSR count). The number of nitrogens with zero attached hydrogens (tertiary/aromatic N) is 4. The van der Waals surface area contributed by atoms with Crippen LogP contribution >= 0.6 is 0 Å². The number of fused-ring (bicyclic) bond motifs is 1. The summed E-state index contributed by atoms with van der Waals surface area (Å²) in [5.41, 5.74) is 5.92. The van der Waals surface area contributed by atoms with Crippen molar-refractivity contribution in [2.75, 3.05) is 5.32 Å². The van der Waals surface area contributed by atoms with Crippen LogP contribution in [0.15, 0.2) is 83.9 Å². The van der Waals surface area contributed by atoms with Crippen LogP contribution in [0.25, 0.3) is 28.0 Å². The molecule has 8 heteroatoms. The Morgan fingerprint density at radius 2 is 1.74 bits per heavy atom. The van der Waals surface area contributed by atoms with E-state index in [1.807, 2.05) is 69.6 Å². The van der Waals surface area contributed by atoms with Crippen molar-refractivity contribution in [3.8, 4) is 22.4 Å². The van der Waals surface area contributed by atoms with E-state index in [2.05, 4.69) is 42.3 Å². The number of hydrogen-bond acceptors (Lipinski definition) is 5. The number of aromatic nitrogens is 4. The van der Waals surface area contributed by atoms with Crippen molar-refractivity contribution in [2.24, 2.45) is 0 Å². The van der Waals surface area contributed by atoms with E-state index in [9.17, 15) is 4.79 Å². The van der Waals surface area contributed by atoms with Crippen LogP contribution in [-0.2, 0) is 12.0 Å². The zero-order chi connectivity index (χ0) is 24.4. The molecular weight excluding hydrogens is 440 g/mol. The van der Waals surface area contributed by atoms with Crippen LogP contribution in [0, 0.1) is 0 Å². The summed E-state index contributed by atoms with van der Waals surface area (Å²) >= 11 is 0. The highest BCUT2D eigenvalue weighted by molar-refractivity contribution is 5.88. The lowest BCUT2D eigenvalue weighted by molar-refractivity contribution is 0.251. The van der Waals surface area contributed by atoms with Crippen molar-refractivity contribution in [3.63, 3.8) is 0 Å². The van der Waals surface area contributed by atoms with Crippen molar-refractivity contribution < 1.29 is 9.32 Å². The molecule has 1 aromatic carbocycles. The highest BCUT2D eigenvalue weighted by Crippen LogP contribution is 2.26. The summed E-state index contributed by atoms with van der Waals surface area (Å²) in [7, 11) is 0. The molecule has 35 heavy (non-hydrogen) atoms. The largest absolute Gasteiger partial charge is 0.359 e. The Labute approximate surface area is 203 Å². The van der Waals surface area contributed by atoms with E-state index in [-0.39, 0.29) is 11.4 Å². The molecule has 0 aliphatic heterocycles. The first-order valence-electron chi connectivity index (χ1n) is 11.4. The molecule has 0 saturated carbocycles. The van der Waals surface area contributed by atoms with E-state index in [0.717, 1.165) is 33.6 Å². The number of urea groups is 1. The standard InChI is InChI=1S/C27H26N6O2/c1-27(2,3)23-15-24(32-35-23)31-26(34)30-16-18-4-6-20(7-5-18)22-17-29-25-14-21(10-13-33(22)25)19-8-11-28-12-9-19/h4-15,17H,16H2,1-3H3,(H2,30,31,32,34). The van der Waals surface area contributed by atoms with Crippen LogP contribution < -0.4 is 10.6 Å². The summed E-state index contributed by atoms with van der Waals surface area (Å²) in [6.45, 7) is 6.45. The predicted molar refractivity (Wildman–Crippen MR) is 135 cm³/mol. The number of carbonyl (C=O) groups is 1. The molecule has 0 unspecified atom stereocenters. The number of pyridine rings is 2. The van der Waals surface area contributed by atoms with Crippen molar-refractivity contribution in [3.05, 3.63) is 90.7 Å². The molecule has 5 aromatic rings. The number of imidazole rings is 1. The minimum atomic E-state index is -0.338. The van der Waals surface area contributed by atoms with E-state index in [0.29, 0.717) is 18.1 Å². The molecule has 4 aromatic heterocycles. The van der Waals surface area contributed by atoms with Gasteiger partial charge in [0.05, 0.1) is 11.9 Å². The molecule has 0 bridgehead atoms. The van der Waals surface area contributed by atoms with Gasteiger partial charge in [-0.1, -0.05) is 50.2 Å². The van der Waals surface area contributed by atoms with Gasteiger partial charge in [0.25, 0.3) is 0 Å². The first-order chi connectivity index (χ1) is 16.9. The number of anilines is 1. The molecular formula is C27H26N6O2. The molecule has 0 aliphatic rings. The second kappa shape index (κ2) is 9.06. The van der Waals surface area contributed by atoms with Gasteiger partial charge in [-0.15, -0.1) is 0 Å². The van der Waals surface area contributed by atoms with Gasteiger partial charge in [-0.05, 0) is 41.0 Å². The Bertz CT molecular complexity index is 1460. The van der Waals surface area contributed by atoms with Crippen LogP contribution in [0.2, 0.25) is 0 Å². The average molecular weight is 467 g/mol. The maximum Gasteiger partial charge on any atom is 0.320 e. The van der Waals surface area contributed by atoms with Crippen LogP contribution in [0.1, 0.15) is 32.1 Å². The molecule has 0 radical (unpaired) electrons. The van der Waals surface area contributed by atoms with Gasteiger partial charge in [-0.3, -0.25) is 14.7 Å². The van der Waals surface area contributed by atoms with Crippen LogP contribution in [0.3, 0.4) is 0 Å². The quantitative estimate of drug-likeness (QED) is 0.348. The summed E-state index contributed by atoms with van der Waals surface area (Å²) in [4.78, 5) is 20.9. The highest BCUT2D eigenvalue weighted by atomic mass is 16.5. The van der Waals surface area contributed by atoms with E-state index in [1.165, 1.54) is 0 Å². The summed E-state index contributed by atoms with van der Waals surface area (Å²) < 4.78 is 7.36. The summed E-state index contributed by atoms with van der Waals surface area (Å²) in [6.07, 6.45) is 7.47. The molecule has 2 N–H and O–H groups in total. The third-order valence-corrected chi connectivity index (χ3v) is 5.72. The Hall–Kier alpha value is -4.46. The Morgan fingerprint density at radius 3 is 2.46 bits per heavy atom. The third kappa shape index (κ3) is 4.91. The van der Waals surface area contributed by atoms with Gasteiger partial charge in [0.1, 0.15) is 11.4 Å². The highest BCUT2D eigenvalue weighted by Gasteiger charge is 2.20. The van der Waals surface area contributed by atoms with Gasteiger partial charge >= 0.3 is 6.03 Å². The van der Waals surface area contributed by atoms with Crippen LogP contribution in [0.5, 0.6) is 0 Å². The van der Waals surface area contributed by atoms with E-state index in [4.69, 9.17) is 4.52 Å². The number of hydrogen-bond donors (Lipinski definition) is 2. The predicted octanol–water partition coefficient (Wildman–Crippen LogP) is 5.67. The number of rotatable bonds is 5. The van der Waals surface area contributed by atoms with Gasteiger partial charge in [0.2, 0.25) is 0 Å². The molecule has 0 atom stereocenters. The fourth-order valence-corrected chi connectivity index (χ4v) is 3.74. The molecule has 2 amide bonds. The second-order valence-corrected chi connectivity index (χ2v) is 9.35. The van der Waals surface area contributed by atoms with E-state index >= 15 is 0 Å². The second-order valence-electron chi connectivity index (χ2n) is 9.35. The lowest BCUT2D eigenvalue weighted by Crippen LogP contribution is -2.28. The number of benzene rings is 1. The third-order valence-electron chi connectivity index (χ3n) is 5.72. The molecule has 8 nitrogen and oxygen atoms in total. The lowest BCUT2D eigenvalue weighted by Gasteiger charge is -2.12. The first-order valence-corrected chi connectivity index (χ1v) is 11.4. The van der Waals surface area contributed by atoms with Crippen molar-refractivity contribution in [1.82, 2.24) is 24.8 Å². The Morgan fingerprint density at radius 1 is 0.971 bits per heavy atom. The SMILES string of the molecule is CC(C)(C)c1cc(NC(=O)NCc2ccc(-c3cnc4cc(-c5ccncc5)ccn34)cc2)no1. The molecule has 4 heterocycles. The van der Waals surface area contributed by atoms with E-state index in [1.54, 1.807) is 18.5 Å². The number of nitrogens with one attached hydrogen (secondary N) is 2. The Kier molecular flexibility index (Phi) is 5.78. The summed E-state index contributed by atoms with van der Waals surface area (Å²) in [5, 5.41) is 9.46. The molecule has 0 aliphatic carbocycles. The molecule has 0 spiro atoms. The summed E-state index contributed by atoms with van der Waals surface area (Å²) in [6, 6.07) is 17.6.